The molecule has 150 valence electrons. The average Bonchev–Trinajstić information content (AvgIpc) is 2.69. The van der Waals surface area contributed by atoms with Gasteiger partial charge in [0, 0.05) is 11.1 Å². The summed E-state index contributed by atoms with van der Waals surface area (Å²) >= 11 is 6.56. The molecule has 0 amide bonds. The van der Waals surface area contributed by atoms with Gasteiger partial charge in [0.25, 0.3) is 0 Å². The normalized spacial score (nSPS) is 18.3. The van der Waals surface area contributed by atoms with Gasteiger partial charge in [-0.15, -0.1) is 0 Å². The van der Waals surface area contributed by atoms with Crippen molar-refractivity contribution >= 4 is 35.0 Å². The lowest BCUT2D eigenvalue weighted by molar-refractivity contribution is 0.103. The van der Waals surface area contributed by atoms with Crippen LogP contribution in [0.3, 0.4) is 0 Å². The van der Waals surface area contributed by atoms with Gasteiger partial charge in [-0.2, -0.15) is 4.99 Å². The first-order valence-electron chi connectivity index (χ1n) is 9.80. The molecule has 0 radical (unpaired) electrons. The van der Waals surface area contributed by atoms with Crippen molar-refractivity contribution in [2.75, 3.05) is 4.90 Å². The Bertz CT molecular complexity index is 1010. The highest BCUT2D eigenvalue weighted by Crippen LogP contribution is 2.42. The fraction of sp³-hybridized carbons (Fsp3) is 0.318. The first-order valence-corrected chi connectivity index (χ1v) is 10.2. The molecule has 0 aromatic heterocycles. The summed E-state index contributed by atoms with van der Waals surface area (Å²) in [5, 5.41) is 0.490. The summed E-state index contributed by atoms with van der Waals surface area (Å²) in [5.41, 5.74) is 14.5. The van der Waals surface area contributed by atoms with Crippen molar-refractivity contribution in [3.05, 3.63) is 64.2 Å². The van der Waals surface area contributed by atoms with Gasteiger partial charge in [-0.3, -0.25) is 9.69 Å². The molecule has 1 aliphatic carbocycles. The number of guanidine groups is 2. The zero-order valence-electron chi connectivity index (χ0n) is 16.4. The van der Waals surface area contributed by atoms with E-state index in [0.29, 0.717) is 21.8 Å². The predicted octanol–water partition coefficient (Wildman–Crippen LogP) is 3.99. The van der Waals surface area contributed by atoms with Crippen molar-refractivity contribution in [3.63, 3.8) is 0 Å². The van der Waals surface area contributed by atoms with Crippen molar-refractivity contribution in [1.82, 2.24) is 0 Å². The van der Waals surface area contributed by atoms with Crippen molar-refractivity contribution in [3.8, 4) is 0 Å². The van der Waals surface area contributed by atoms with Gasteiger partial charge in [0.2, 0.25) is 11.9 Å². The molecular weight excluding hydrogens is 386 g/mol. The smallest absolute Gasteiger partial charge is 0.220 e. The van der Waals surface area contributed by atoms with Gasteiger partial charge in [0.15, 0.2) is 5.78 Å². The highest BCUT2D eigenvalue weighted by molar-refractivity contribution is 6.34. The number of hydrogen-bond acceptors (Lipinski definition) is 6. The lowest BCUT2D eigenvalue weighted by Gasteiger charge is -2.45. The molecule has 4 rings (SSSR count). The Labute approximate surface area is 175 Å². The minimum absolute atomic E-state index is 0.0730. The van der Waals surface area contributed by atoms with Crippen LogP contribution in [-0.4, -0.2) is 23.4 Å². The maximum Gasteiger partial charge on any atom is 0.220 e. The van der Waals surface area contributed by atoms with E-state index < -0.39 is 5.66 Å². The molecule has 4 N–H and O–H groups in total. The van der Waals surface area contributed by atoms with E-state index in [2.05, 4.69) is 9.98 Å². The molecule has 1 spiro atoms. The van der Waals surface area contributed by atoms with Crippen molar-refractivity contribution in [2.24, 2.45) is 21.5 Å². The minimum Gasteiger partial charge on any atom is -0.369 e. The number of rotatable bonds is 3. The number of nitrogens with zero attached hydrogens (tertiary/aromatic N) is 3. The number of carbonyl (C=O) groups is 1. The van der Waals surface area contributed by atoms with Crippen LogP contribution in [0, 0.1) is 6.92 Å². The minimum atomic E-state index is -0.608. The molecule has 1 fully saturated rings. The molecule has 0 bridgehead atoms. The second-order valence-corrected chi connectivity index (χ2v) is 8.09. The molecule has 2 aromatic carbocycles. The number of nitrogens with two attached hydrogens (primary N) is 2. The molecule has 0 atom stereocenters. The number of aliphatic imine (C=N–C) groups is 2. The van der Waals surface area contributed by atoms with E-state index in [4.69, 9.17) is 23.1 Å². The van der Waals surface area contributed by atoms with Crippen LogP contribution in [-0.2, 0) is 0 Å². The lowest BCUT2D eigenvalue weighted by atomic mass is 9.87. The van der Waals surface area contributed by atoms with Crippen LogP contribution in [0.4, 0.5) is 5.69 Å². The van der Waals surface area contributed by atoms with Gasteiger partial charge in [0.05, 0.1) is 10.7 Å². The van der Waals surface area contributed by atoms with Gasteiger partial charge < -0.3 is 11.5 Å². The van der Waals surface area contributed by atoms with Crippen LogP contribution in [0.5, 0.6) is 0 Å². The predicted molar refractivity (Wildman–Crippen MR) is 118 cm³/mol. The Hall–Kier alpha value is -2.86. The Morgan fingerprint density at radius 1 is 1.03 bits per heavy atom. The molecule has 1 saturated carbocycles. The van der Waals surface area contributed by atoms with Crippen molar-refractivity contribution in [2.45, 2.75) is 44.7 Å². The fourth-order valence-corrected chi connectivity index (χ4v) is 4.37. The topological polar surface area (TPSA) is 97.1 Å². The highest BCUT2D eigenvalue weighted by atomic mass is 35.5. The third kappa shape index (κ3) is 3.60. The summed E-state index contributed by atoms with van der Waals surface area (Å²) < 4.78 is 0. The maximum absolute atomic E-state index is 13.0. The van der Waals surface area contributed by atoms with E-state index in [0.717, 1.165) is 37.7 Å². The molecule has 1 heterocycles. The van der Waals surface area contributed by atoms with E-state index in [-0.39, 0.29) is 17.7 Å². The lowest BCUT2D eigenvalue weighted by Crippen LogP contribution is -2.58. The number of carbonyl (C=O) groups excluding carboxylic acids is 1. The standard InChI is InChI=1S/C22H24ClN5O/c1-14-5-7-15(8-6-14)19(29)16-9-10-17(23)18(13-16)28-21(25)26-20(24)27-22(28)11-3-2-4-12-22/h5-10,13H,2-4,11-12H2,1H3,(H4,24,25,26,27). The fourth-order valence-electron chi connectivity index (χ4n) is 4.17. The molecule has 7 heteroatoms. The number of ketones is 1. The van der Waals surface area contributed by atoms with E-state index in [1.165, 1.54) is 0 Å². The quantitative estimate of drug-likeness (QED) is 0.749. The summed E-state index contributed by atoms with van der Waals surface area (Å²) in [5.74, 6) is 0.362. The zero-order valence-corrected chi connectivity index (χ0v) is 17.1. The van der Waals surface area contributed by atoms with Crippen LogP contribution < -0.4 is 16.4 Å². The van der Waals surface area contributed by atoms with Crippen molar-refractivity contribution in [1.29, 1.82) is 0 Å². The van der Waals surface area contributed by atoms with Crippen LogP contribution >= 0.6 is 11.6 Å². The van der Waals surface area contributed by atoms with Gasteiger partial charge in [-0.05, 0) is 50.8 Å². The third-order valence-corrected chi connectivity index (χ3v) is 5.93. The average molecular weight is 410 g/mol. The number of hydrogen-bond donors (Lipinski definition) is 2. The summed E-state index contributed by atoms with van der Waals surface area (Å²) in [6.07, 6.45) is 4.77. The first-order chi connectivity index (χ1) is 13.9. The van der Waals surface area contributed by atoms with E-state index >= 15 is 0 Å². The molecule has 0 saturated heterocycles. The van der Waals surface area contributed by atoms with E-state index in [1.54, 1.807) is 18.2 Å². The van der Waals surface area contributed by atoms with Crippen LogP contribution in [0.25, 0.3) is 0 Å². The van der Waals surface area contributed by atoms with Crippen LogP contribution in [0.1, 0.15) is 53.6 Å². The summed E-state index contributed by atoms with van der Waals surface area (Å²) in [6, 6.07) is 12.7. The largest absolute Gasteiger partial charge is 0.369 e. The molecule has 6 nitrogen and oxygen atoms in total. The summed E-state index contributed by atoms with van der Waals surface area (Å²) in [4.78, 5) is 23.7. The van der Waals surface area contributed by atoms with E-state index in [1.807, 2.05) is 36.1 Å². The second-order valence-electron chi connectivity index (χ2n) is 7.68. The number of anilines is 1. The summed E-state index contributed by atoms with van der Waals surface area (Å²) in [6.45, 7) is 1.99. The van der Waals surface area contributed by atoms with Crippen molar-refractivity contribution < 1.29 is 4.79 Å². The Morgan fingerprint density at radius 3 is 2.38 bits per heavy atom. The van der Waals surface area contributed by atoms with Gasteiger partial charge in [-0.1, -0.05) is 47.9 Å². The SMILES string of the molecule is Cc1ccc(C(=O)c2ccc(Cl)c(N3C(N)=NC(N)=NC34CCCCC4)c2)cc1. The maximum atomic E-state index is 13.0. The van der Waals surface area contributed by atoms with Gasteiger partial charge in [-0.25, -0.2) is 4.99 Å². The number of aryl methyl sites for hydroxylation is 1. The Morgan fingerprint density at radius 2 is 1.69 bits per heavy atom. The monoisotopic (exact) mass is 409 g/mol. The second kappa shape index (κ2) is 7.52. The third-order valence-electron chi connectivity index (χ3n) is 5.61. The number of benzene rings is 2. The first kappa shape index (κ1) is 19.5. The number of halogens is 1. The van der Waals surface area contributed by atoms with Crippen LogP contribution in [0.15, 0.2) is 52.4 Å². The molecule has 1 aliphatic heterocycles. The zero-order chi connectivity index (χ0) is 20.6. The van der Waals surface area contributed by atoms with Gasteiger partial charge >= 0.3 is 0 Å². The molecule has 2 aromatic rings. The molecular formula is C22H24ClN5O. The van der Waals surface area contributed by atoms with Gasteiger partial charge in [0.1, 0.15) is 5.66 Å². The van der Waals surface area contributed by atoms with E-state index in [9.17, 15) is 4.79 Å². The molecule has 2 aliphatic rings. The van der Waals surface area contributed by atoms with Crippen LogP contribution in [0.2, 0.25) is 5.02 Å². The Balaban J connectivity index is 1.78. The molecule has 0 unspecified atom stereocenters. The Kier molecular flexibility index (Phi) is 5.04. The summed E-state index contributed by atoms with van der Waals surface area (Å²) in [7, 11) is 0. The molecule has 29 heavy (non-hydrogen) atoms. The highest BCUT2D eigenvalue weighted by Gasteiger charge is 2.43.